The largest absolute Gasteiger partial charge is 0.309 e. The molecule has 0 aliphatic heterocycles. The molecule has 0 atom stereocenters. The first kappa shape index (κ1) is 13.1. The average Bonchev–Trinajstić information content (AvgIpc) is 2.28. The van der Waals surface area contributed by atoms with Crippen molar-refractivity contribution in [1.29, 1.82) is 0 Å². The molecule has 0 radical (unpaired) electrons. The number of anilines is 1. The third-order valence-corrected chi connectivity index (χ3v) is 2.55. The molecule has 88 valence electrons. The van der Waals surface area contributed by atoms with Crippen molar-refractivity contribution in [2.24, 2.45) is 0 Å². The topological polar surface area (TPSA) is 54.9 Å². The van der Waals surface area contributed by atoms with E-state index in [9.17, 15) is 4.79 Å². The quantitative estimate of drug-likeness (QED) is 0.817. The van der Waals surface area contributed by atoms with Crippen LogP contribution in [0.5, 0.6) is 0 Å². The average molecular weight is 286 g/mol. The van der Waals surface area contributed by atoms with Gasteiger partial charge in [-0.25, -0.2) is 9.97 Å². The van der Waals surface area contributed by atoms with Gasteiger partial charge in [-0.1, -0.05) is 26.2 Å². The highest BCUT2D eigenvalue weighted by Crippen LogP contribution is 2.08. The second-order valence-corrected chi connectivity index (χ2v) is 4.40. The Morgan fingerprint density at radius 2 is 2.12 bits per heavy atom. The number of hydrogen-bond acceptors (Lipinski definition) is 3. The molecule has 0 spiro atoms. The highest BCUT2D eigenvalue weighted by Gasteiger charge is 2.03. The number of carbonyl (C=O) groups excluding carboxylic acids is 1. The fourth-order valence-corrected chi connectivity index (χ4v) is 1.50. The fraction of sp³-hybridized carbons (Fsp3) is 0.545. The molecule has 16 heavy (non-hydrogen) atoms. The van der Waals surface area contributed by atoms with Crippen molar-refractivity contribution in [2.45, 2.75) is 39.0 Å². The van der Waals surface area contributed by atoms with Crippen LogP contribution >= 0.6 is 15.9 Å². The van der Waals surface area contributed by atoms with Crippen LogP contribution < -0.4 is 5.32 Å². The lowest BCUT2D eigenvalue weighted by Gasteiger charge is -2.03. The van der Waals surface area contributed by atoms with Gasteiger partial charge in [0.1, 0.15) is 4.60 Å². The van der Waals surface area contributed by atoms with Crippen LogP contribution in [0.2, 0.25) is 0 Å². The zero-order valence-electron chi connectivity index (χ0n) is 9.37. The SMILES string of the molecule is CCCCCCC(=O)Nc1cnc(Br)cn1. The van der Waals surface area contributed by atoms with Crippen LogP contribution in [-0.2, 0) is 4.79 Å². The number of nitrogens with one attached hydrogen (secondary N) is 1. The van der Waals surface area contributed by atoms with E-state index < -0.39 is 0 Å². The predicted octanol–water partition coefficient (Wildman–Crippen LogP) is 3.15. The van der Waals surface area contributed by atoms with Crippen LogP contribution in [0.1, 0.15) is 39.0 Å². The van der Waals surface area contributed by atoms with Crippen molar-refractivity contribution in [3.8, 4) is 0 Å². The highest BCUT2D eigenvalue weighted by atomic mass is 79.9. The molecule has 0 fully saturated rings. The van der Waals surface area contributed by atoms with Crippen LogP contribution in [0.25, 0.3) is 0 Å². The lowest BCUT2D eigenvalue weighted by molar-refractivity contribution is -0.116. The van der Waals surface area contributed by atoms with E-state index in [1.54, 1.807) is 6.20 Å². The lowest BCUT2D eigenvalue weighted by atomic mass is 10.1. The van der Waals surface area contributed by atoms with Gasteiger partial charge in [0.15, 0.2) is 5.82 Å². The van der Waals surface area contributed by atoms with Crippen molar-refractivity contribution in [1.82, 2.24) is 9.97 Å². The van der Waals surface area contributed by atoms with Gasteiger partial charge >= 0.3 is 0 Å². The van der Waals surface area contributed by atoms with Crippen LogP contribution in [0.4, 0.5) is 5.82 Å². The molecule has 0 unspecified atom stereocenters. The van der Waals surface area contributed by atoms with Gasteiger partial charge < -0.3 is 5.32 Å². The molecule has 1 N–H and O–H groups in total. The molecular formula is C11H16BrN3O. The van der Waals surface area contributed by atoms with E-state index in [-0.39, 0.29) is 5.91 Å². The number of rotatable bonds is 6. The maximum Gasteiger partial charge on any atom is 0.225 e. The normalized spacial score (nSPS) is 10.1. The summed E-state index contributed by atoms with van der Waals surface area (Å²) in [6, 6.07) is 0. The van der Waals surface area contributed by atoms with E-state index in [1.165, 1.54) is 19.0 Å². The summed E-state index contributed by atoms with van der Waals surface area (Å²) in [6.07, 6.45) is 8.06. The minimum absolute atomic E-state index is 0.00715. The highest BCUT2D eigenvalue weighted by molar-refractivity contribution is 9.10. The molecule has 1 rings (SSSR count). The maximum atomic E-state index is 11.5. The van der Waals surface area contributed by atoms with Crippen molar-refractivity contribution in [3.63, 3.8) is 0 Å². The Labute approximate surface area is 104 Å². The summed E-state index contributed by atoms with van der Waals surface area (Å²) in [6.45, 7) is 2.15. The molecule has 1 aromatic heterocycles. The molecule has 1 amide bonds. The van der Waals surface area contributed by atoms with Gasteiger partial charge in [0.25, 0.3) is 0 Å². The number of amides is 1. The van der Waals surface area contributed by atoms with Gasteiger partial charge in [0.05, 0.1) is 12.4 Å². The summed E-state index contributed by atoms with van der Waals surface area (Å²) < 4.78 is 0.661. The molecule has 0 bridgehead atoms. The summed E-state index contributed by atoms with van der Waals surface area (Å²) in [5.74, 6) is 0.511. The summed E-state index contributed by atoms with van der Waals surface area (Å²) >= 11 is 3.18. The summed E-state index contributed by atoms with van der Waals surface area (Å²) in [7, 11) is 0. The second-order valence-electron chi connectivity index (χ2n) is 3.58. The van der Waals surface area contributed by atoms with Gasteiger partial charge in [-0.15, -0.1) is 0 Å². The summed E-state index contributed by atoms with van der Waals surface area (Å²) in [4.78, 5) is 19.5. The monoisotopic (exact) mass is 285 g/mol. The third kappa shape index (κ3) is 5.21. The number of hydrogen-bond donors (Lipinski definition) is 1. The Hall–Kier alpha value is -0.970. The van der Waals surface area contributed by atoms with Crippen LogP contribution in [0, 0.1) is 0 Å². The Balaban J connectivity index is 2.26. The zero-order valence-corrected chi connectivity index (χ0v) is 11.0. The van der Waals surface area contributed by atoms with Gasteiger partial charge in [0.2, 0.25) is 5.91 Å². The minimum Gasteiger partial charge on any atom is -0.309 e. The zero-order chi connectivity index (χ0) is 11.8. The number of aromatic nitrogens is 2. The van der Waals surface area contributed by atoms with E-state index in [2.05, 4.69) is 38.1 Å². The fourth-order valence-electron chi connectivity index (χ4n) is 1.29. The van der Waals surface area contributed by atoms with Crippen LogP contribution in [-0.4, -0.2) is 15.9 Å². The van der Waals surface area contributed by atoms with Gasteiger partial charge in [-0.05, 0) is 22.4 Å². The number of halogens is 1. The smallest absolute Gasteiger partial charge is 0.225 e. The van der Waals surface area contributed by atoms with Crippen molar-refractivity contribution >= 4 is 27.7 Å². The van der Waals surface area contributed by atoms with E-state index in [0.29, 0.717) is 16.8 Å². The first-order chi connectivity index (χ1) is 7.72. The van der Waals surface area contributed by atoms with E-state index in [1.807, 2.05) is 0 Å². The lowest BCUT2D eigenvalue weighted by Crippen LogP contribution is -2.12. The first-order valence-corrected chi connectivity index (χ1v) is 6.29. The Kier molecular flexibility index (Phi) is 6.00. The molecule has 0 saturated carbocycles. The van der Waals surface area contributed by atoms with E-state index in [0.717, 1.165) is 12.8 Å². The van der Waals surface area contributed by atoms with Crippen molar-refractivity contribution < 1.29 is 4.79 Å². The van der Waals surface area contributed by atoms with Crippen LogP contribution in [0.15, 0.2) is 17.0 Å². The molecule has 0 aliphatic carbocycles. The minimum atomic E-state index is 0.00715. The molecule has 5 heteroatoms. The maximum absolute atomic E-state index is 11.5. The predicted molar refractivity (Wildman–Crippen MR) is 67.1 cm³/mol. The van der Waals surface area contributed by atoms with Crippen LogP contribution in [0.3, 0.4) is 0 Å². The molecule has 0 aliphatic rings. The first-order valence-electron chi connectivity index (χ1n) is 5.49. The summed E-state index contributed by atoms with van der Waals surface area (Å²) in [5.41, 5.74) is 0. The third-order valence-electron chi connectivity index (χ3n) is 2.15. The Morgan fingerprint density at radius 1 is 1.31 bits per heavy atom. The molecule has 1 heterocycles. The number of nitrogens with zero attached hydrogens (tertiary/aromatic N) is 2. The van der Waals surface area contributed by atoms with E-state index in [4.69, 9.17) is 0 Å². The summed E-state index contributed by atoms with van der Waals surface area (Å²) in [5, 5.41) is 2.71. The number of carbonyl (C=O) groups is 1. The standard InChI is InChI=1S/C11H16BrN3O/c1-2-3-4-5-6-11(16)15-10-8-13-9(12)7-14-10/h7-8H,2-6H2,1H3,(H,14,15,16). The molecule has 4 nitrogen and oxygen atoms in total. The molecule has 0 saturated heterocycles. The molecule has 1 aromatic rings. The second kappa shape index (κ2) is 7.33. The van der Waals surface area contributed by atoms with Gasteiger partial charge in [0, 0.05) is 6.42 Å². The van der Waals surface area contributed by atoms with E-state index >= 15 is 0 Å². The molecule has 0 aromatic carbocycles. The number of unbranched alkanes of at least 4 members (excludes halogenated alkanes) is 3. The molecular weight excluding hydrogens is 270 g/mol. The van der Waals surface area contributed by atoms with Crippen molar-refractivity contribution in [3.05, 3.63) is 17.0 Å². The van der Waals surface area contributed by atoms with Crippen molar-refractivity contribution in [2.75, 3.05) is 5.32 Å². The Morgan fingerprint density at radius 3 is 2.75 bits per heavy atom. The van der Waals surface area contributed by atoms with Gasteiger partial charge in [-0.2, -0.15) is 0 Å². The van der Waals surface area contributed by atoms with Gasteiger partial charge in [-0.3, -0.25) is 4.79 Å². The Bertz CT molecular complexity index is 327.